The van der Waals surface area contributed by atoms with Crippen molar-refractivity contribution in [3.05, 3.63) is 52.6 Å². The number of carbonyl (C=O) groups excluding carboxylic acids is 1. The van der Waals surface area contributed by atoms with E-state index >= 15 is 0 Å². The van der Waals surface area contributed by atoms with Crippen molar-refractivity contribution in [1.29, 1.82) is 5.41 Å². The smallest absolute Gasteiger partial charge is 0.283 e. The van der Waals surface area contributed by atoms with E-state index in [1.54, 1.807) is 31.4 Å². The van der Waals surface area contributed by atoms with Crippen LogP contribution >= 0.6 is 23.4 Å². The van der Waals surface area contributed by atoms with E-state index in [1.165, 1.54) is 23.9 Å². The molecule has 1 amide bonds. The van der Waals surface area contributed by atoms with E-state index in [0.717, 1.165) is 17.9 Å². The number of aliphatic imine (C=N–C) groups is 1. The molecule has 2 heterocycles. The van der Waals surface area contributed by atoms with E-state index in [1.807, 2.05) is 25.1 Å². The number of nitrogens with one attached hydrogen (secondary N) is 1. The Morgan fingerprint density at radius 1 is 1.11 bits per heavy atom. The summed E-state index contributed by atoms with van der Waals surface area (Å²) in [5.74, 6) is 1.56. The van der Waals surface area contributed by atoms with Crippen LogP contribution in [0.5, 0.6) is 23.0 Å². The minimum atomic E-state index is -0.503. The van der Waals surface area contributed by atoms with E-state index in [2.05, 4.69) is 10.1 Å². The van der Waals surface area contributed by atoms with Crippen LogP contribution in [-0.2, 0) is 4.79 Å². The quantitative estimate of drug-likeness (QED) is 0.332. The minimum Gasteiger partial charge on any atom is -0.497 e. The van der Waals surface area contributed by atoms with Gasteiger partial charge in [-0.3, -0.25) is 10.2 Å². The summed E-state index contributed by atoms with van der Waals surface area (Å²) >= 11 is 7.81. The zero-order valence-electron chi connectivity index (χ0n) is 20.0. The van der Waals surface area contributed by atoms with Gasteiger partial charge in [0, 0.05) is 6.07 Å². The van der Waals surface area contributed by atoms with Crippen molar-refractivity contribution >= 4 is 51.4 Å². The number of benzene rings is 2. The van der Waals surface area contributed by atoms with Gasteiger partial charge in [-0.05, 0) is 60.5 Å². The molecule has 2 aromatic carbocycles. The molecule has 0 saturated heterocycles. The summed E-state index contributed by atoms with van der Waals surface area (Å²) in [5, 5.41) is 15.8. The molecule has 0 unspecified atom stereocenters. The molecular formula is C25H25ClN4O5S. The van der Waals surface area contributed by atoms with Crippen molar-refractivity contribution in [3.8, 4) is 23.0 Å². The summed E-state index contributed by atoms with van der Waals surface area (Å²) in [6.07, 6.45) is 3.23. The van der Waals surface area contributed by atoms with Crippen LogP contribution in [0.25, 0.3) is 6.08 Å². The van der Waals surface area contributed by atoms with Gasteiger partial charge in [-0.15, -0.1) is 0 Å². The van der Waals surface area contributed by atoms with Gasteiger partial charge in [-0.2, -0.15) is 15.1 Å². The molecule has 0 aromatic heterocycles. The molecule has 36 heavy (non-hydrogen) atoms. The summed E-state index contributed by atoms with van der Waals surface area (Å²) in [4.78, 5) is 16.8. The SMILES string of the molecule is CCCC1=NN2C(=N)/C(=C/c3cc(Cl)c(OCCOc4cccc(OC)c4)c(OC)c3)C(=O)N=C2S1. The van der Waals surface area contributed by atoms with Gasteiger partial charge in [-0.1, -0.05) is 24.6 Å². The maximum Gasteiger partial charge on any atom is 0.283 e. The van der Waals surface area contributed by atoms with Gasteiger partial charge >= 0.3 is 0 Å². The lowest BCUT2D eigenvalue weighted by Gasteiger charge is -2.20. The third kappa shape index (κ3) is 5.66. The Hall–Kier alpha value is -3.50. The zero-order chi connectivity index (χ0) is 25.7. The van der Waals surface area contributed by atoms with E-state index in [0.29, 0.717) is 38.8 Å². The van der Waals surface area contributed by atoms with Crippen molar-refractivity contribution in [2.45, 2.75) is 19.8 Å². The van der Waals surface area contributed by atoms with Crippen molar-refractivity contribution < 1.29 is 23.7 Å². The molecule has 0 aliphatic carbocycles. The number of thioether (sulfide) groups is 1. The molecule has 0 fully saturated rings. The molecule has 4 rings (SSSR count). The fraction of sp³-hybridized carbons (Fsp3) is 0.280. The van der Waals surface area contributed by atoms with Gasteiger partial charge in [0.15, 0.2) is 17.3 Å². The summed E-state index contributed by atoms with van der Waals surface area (Å²) in [6.45, 7) is 2.54. The fourth-order valence-corrected chi connectivity index (χ4v) is 4.73. The number of amides is 1. The predicted octanol–water partition coefficient (Wildman–Crippen LogP) is 5.23. The summed E-state index contributed by atoms with van der Waals surface area (Å²) in [7, 11) is 3.09. The molecule has 188 valence electrons. The van der Waals surface area contributed by atoms with Crippen molar-refractivity contribution in [1.82, 2.24) is 5.01 Å². The van der Waals surface area contributed by atoms with Gasteiger partial charge in [0.05, 0.1) is 24.8 Å². The van der Waals surface area contributed by atoms with E-state index in [9.17, 15) is 4.79 Å². The van der Waals surface area contributed by atoms with Gasteiger partial charge in [0.2, 0.25) is 5.17 Å². The Bertz CT molecular complexity index is 1280. The van der Waals surface area contributed by atoms with Crippen LogP contribution in [0.15, 0.2) is 52.1 Å². The van der Waals surface area contributed by atoms with Crippen LogP contribution in [0.1, 0.15) is 25.3 Å². The first-order valence-electron chi connectivity index (χ1n) is 11.2. The molecule has 0 radical (unpaired) electrons. The molecule has 2 aliphatic heterocycles. The van der Waals surface area contributed by atoms with Crippen LogP contribution in [0.2, 0.25) is 5.02 Å². The molecule has 1 N–H and O–H groups in total. The van der Waals surface area contributed by atoms with Crippen LogP contribution in [0, 0.1) is 5.41 Å². The van der Waals surface area contributed by atoms with Gasteiger partial charge in [-0.25, -0.2) is 0 Å². The topological polar surface area (TPSA) is 106 Å². The van der Waals surface area contributed by atoms with Gasteiger partial charge < -0.3 is 18.9 Å². The standard InChI is InChI=1S/C25H25ClN4O5S/c1-4-6-21-29-30-23(27)18(24(31)28-25(30)36-21)11-15-12-19(26)22(20(13-15)33-3)35-10-9-34-17-8-5-7-16(14-17)32-2/h5,7-8,11-14,27H,4,6,9-10H2,1-3H3/b18-11-,27-23?. The highest BCUT2D eigenvalue weighted by molar-refractivity contribution is 8.26. The summed E-state index contributed by atoms with van der Waals surface area (Å²) < 4.78 is 22.2. The van der Waals surface area contributed by atoms with Crippen molar-refractivity contribution in [2.75, 3.05) is 27.4 Å². The lowest BCUT2D eigenvalue weighted by atomic mass is 10.1. The highest BCUT2D eigenvalue weighted by Gasteiger charge is 2.35. The van der Waals surface area contributed by atoms with E-state index in [4.69, 9.17) is 36.0 Å². The number of fused-ring (bicyclic) bond motifs is 1. The first kappa shape index (κ1) is 25.6. The number of methoxy groups -OCH3 is 2. The molecular weight excluding hydrogens is 504 g/mol. The number of rotatable bonds is 10. The average Bonchev–Trinajstić information content (AvgIpc) is 3.27. The normalized spacial score (nSPS) is 16.0. The Balaban J connectivity index is 1.47. The number of ether oxygens (including phenoxy) is 4. The van der Waals surface area contributed by atoms with Crippen molar-refractivity contribution in [2.24, 2.45) is 10.1 Å². The Kier molecular flexibility index (Phi) is 8.17. The molecule has 0 saturated carbocycles. The molecule has 0 spiro atoms. The van der Waals surface area contributed by atoms with Crippen LogP contribution in [0.4, 0.5) is 0 Å². The fourth-order valence-electron chi connectivity index (χ4n) is 3.47. The lowest BCUT2D eigenvalue weighted by Crippen LogP contribution is -2.35. The second-order valence-corrected chi connectivity index (χ2v) is 9.12. The maximum atomic E-state index is 12.7. The number of nitrogens with zero attached hydrogens (tertiary/aromatic N) is 3. The predicted molar refractivity (Wildman–Crippen MR) is 142 cm³/mol. The lowest BCUT2D eigenvalue weighted by molar-refractivity contribution is -0.114. The van der Waals surface area contributed by atoms with Crippen LogP contribution in [-0.4, -0.2) is 54.4 Å². The number of halogens is 1. The maximum absolute atomic E-state index is 12.7. The molecule has 2 aliphatic rings. The number of hydrogen-bond acceptors (Lipinski definition) is 8. The first-order valence-corrected chi connectivity index (χ1v) is 12.4. The number of amidine groups is 2. The van der Waals surface area contributed by atoms with Gasteiger partial charge in [0.25, 0.3) is 5.91 Å². The van der Waals surface area contributed by atoms with Gasteiger partial charge in [0.1, 0.15) is 29.8 Å². The van der Waals surface area contributed by atoms with Crippen LogP contribution < -0.4 is 18.9 Å². The number of carbonyl (C=O) groups is 1. The molecule has 11 heteroatoms. The summed E-state index contributed by atoms with van der Waals surface area (Å²) in [6, 6.07) is 10.6. The second kappa shape index (κ2) is 11.5. The summed E-state index contributed by atoms with van der Waals surface area (Å²) in [5.41, 5.74) is 0.674. The Morgan fingerprint density at radius 3 is 2.64 bits per heavy atom. The van der Waals surface area contributed by atoms with E-state index in [-0.39, 0.29) is 24.6 Å². The Morgan fingerprint density at radius 2 is 1.89 bits per heavy atom. The molecule has 0 atom stereocenters. The third-order valence-corrected chi connectivity index (χ3v) is 6.41. The minimum absolute atomic E-state index is 0.0336. The monoisotopic (exact) mass is 528 g/mol. The second-order valence-electron chi connectivity index (χ2n) is 7.67. The highest BCUT2D eigenvalue weighted by atomic mass is 35.5. The first-order chi connectivity index (χ1) is 17.4. The molecule has 2 aromatic rings. The average molecular weight is 529 g/mol. The largest absolute Gasteiger partial charge is 0.497 e. The highest BCUT2D eigenvalue weighted by Crippen LogP contribution is 2.38. The molecule has 9 nitrogen and oxygen atoms in total. The van der Waals surface area contributed by atoms with Crippen LogP contribution in [0.3, 0.4) is 0 Å². The Labute approximate surface area is 218 Å². The zero-order valence-corrected chi connectivity index (χ0v) is 21.6. The number of hydrazone groups is 1. The molecule has 0 bridgehead atoms. The number of hydrogen-bond donors (Lipinski definition) is 1. The van der Waals surface area contributed by atoms with E-state index < -0.39 is 5.91 Å². The van der Waals surface area contributed by atoms with Crippen molar-refractivity contribution in [3.63, 3.8) is 0 Å². The third-order valence-electron chi connectivity index (χ3n) is 5.16.